The highest BCUT2D eigenvalue weighted by Crippen LogP contribution is 2.27. The van der Waals surface area contributed by atoms with Crippen LogP contribution in [0.25, 0.3) is 0 Å². The molecule has 0 saturated carbocycles. The predicted octanol–water partition coefficient (Wildman–Crippen LogP) is 3.41. The van der Waals surface area contributed by atoms with Crippen LogP contribution in [0.15, 0.2) is 12.1 Å². The summed E-state index contributed by atoms with van der Waals surface area (Å²) >= 11 is 0. The third-order valence-electron chi connectivity index (χ3n) is 2.98. The maximum atomic E-state index is 13.4. The van der Waals surface area contributed by atoms with E-state index in [1.54, 1.807) is 0 Å². The van der Waals surface area contributed by atoms with Crippen LogP contribution in [0.2, 0.25) is 0 Å². The number of nitrogens with two attached hydrogens (primary N) is 1. The molecule has 4 heteroatoms. The van der Waals surface area contributed by atoms with Gasteiger partial charge in [0.2, 0.25) is 0 Å². The first-order valence-electron chi connectivity index (χ1n) is 5.69. The van der Waals surface area contributed by atoms with Crippen molar-refractivity contribution in [1.29, 1.82) is 0 Å². The lowest BCUT2D eigenvalue weighted by molar-refractivity contribution is 0.311. The lowest BCUT2D eigenvalue weighted by Gasteiger charge is -2.23. The topological polar surface area (TPSA) is 26.0 Å². The molecule has 1 nitrogen and oxygen atoms in total. The van der Waals surface area contributed by atoms with E-state index in [-0.39, 0.29) is 11.0 Å². The Balaban J connectivity index is 2.73. The molecule has 0 fully saturated rings. The molecular weight excluding hydrogens is 227 g/mol. The summed E-state index contributed by atoms with van der Waals surface area (Å²) in [7, 11) is 0. The summed E-state index contributed by atoms with van der Waals surface area (Å²) in [6.45, 7) is 4.61. The van der Waals surface area contributed by atoms with Crippen molar-refractivity contribution >= 4 is 0 Å². The smallest absolute Gasteiger partial charge is 0.161 e. The quantitative estimate of drug-likeness (QED) is 0.790. The highest BCUT2D eigenvalue weighted by molar-refractivity contribution is 5.20. The number of benzene rings is 1. The van der Waals surface area contributed by atoms with E-state index < -0.39 is 17.5 Å². The first-order valence-corrected chi connectivity index (χ1v) is 5.69. The van der Waals surface area contributed by atoms with Crippen molar-refractivity contribution in [3.05, 3.63) is 35.1 Å². The summed E-state index contributed by atoms with van der Waals surface area (Å²) in [6, 6.07) is 1.53. The molecule has 0 aromatic heterocycles. The molecule has 96 valence electrons. The van der Waals surface area contributed by atoms with Crippen molar-refractivity contribution in [2.45, 2.75) is 33.1 Å². The third-order valence-corrected chi connectivity index (χ3v) is 2.98. The van der Waals surface area contributed by atoms with Crippen LogP contribution in [0.1, 0.15) is 32.3 Å². The second kappa shape index (κ2) is 5.54. The van der Waals surface area contributed by atoms with Gasteiger partial charge in [-0.25, -0.2) is 13.2 Å². The molecule has 1 aromatic carbocycles. The van der Waals surface area contributed by atoms with Gasteiger partial charge in [-0.05, 0) is 42.9 Å². The molecule has 0 aliphatic carbocycles. The average molecular weight is 245 g/mol. The monoisotopic (exact) mass is 245 g/mol. The molecule has 0 aliphatic heterocycles. The van der Waals surface area contributed by atoms with Crippen molar-refractivity contribution < 1.29 is 13.2 Å². The summed E-state index contributed by atoms with van der Waals surface area (Å²) in [6.07, 6.45) is 1.89. The van der Waals surface area contributed by atoms with E-state index in [4.69, 9.17) is 5.73 Å². The average Bonchev–Trinajstić information content (AvgIpc) is 2.21. The number of halogens is 3. The molecule has 0 bridgehead atoms. The van der Waals surface area contributed by atoms with Crippen molar-refractivity contribution in [1.82, 2.24) is 0 Å². The fourth-order valence-corrected chi connectivity index (χ4v) is 1.74. The Morgan fingerprint density at radius 1 is 1.00 bits per heavy atom. The van der Waals surface area contributed by atoms with Crippen LogP contribution in [-0.4, -0.2) is 6.54 Å². The molecule has 0 amide bonds. The maximum absolute atomic E-state index is 13.4. The molecule has 1 rings (SSSR count). The van der Waals surface area contributed by atoms with Crippen molar-refractivity contribution in [2.24, 2.45) is 11.1 Å². The molecular formula is C13H18F3N. The Morgan fingerprint density at radius 3 is 2.18 bits per heavy atom. The van der Waals surface area contributed by atoms with Gasteiger partial charge in [0.25, 0.3) is 0 Å². The standard InChI is InChI=1S/C13H18F3N/c1-13(2,5-6-17)4-3-9-7-11(15)12(16)8-10(9)14/h7-8H,3-6,17H2,1-2H3. The van der Waals surface area contributed by atoms with Crippen LogP contribution in [0.5, 0.6) is 0 Å². The Labute approximate surface area is 99.8 Å². The van der Waals surface area contributed by atoms with Gasteiger partial charge in [0.15, 0.2) is 11.6 Å². The first kappa shape index (κ1) is 14.0. The number of rotatable bonds is 5. The SMILES string of the molecule is CC(C)(CCN)CCc1cc(F)c(F)cc1F. The molecule has 1 aromatic rings. The van der Waals surface area contributed by atoms with Gasteiger partial charge in [0.1, 0.15) is 5.82 Å². The molecule has 2 N–H and O–H groups in total. The Morgan fingerprint density at radius 2 is 1.59 bits per heavy atom. The van der Waals surface area contributed by atoms with E-state index in [0.717, 1.165) is 12.5 Å². The van der Waals surface area contributed by atoms with E-state index in [1.165, 1.54) is 0 Å². The van der Waals surface area contributed by atoms with Crippen LogP contribution in [0.4, 0.5) is 13.2 Å². The molecule has 0 radical (unpaired) electrons. The minimum absolute atomic E-state index is 0.0218. The molecule has 0 aliphatic rings. The number of hydrogen-bond donors (Lipinski definition) is 1. The lowest BCUT2D eigenvalue weighted by Crippen LogP contribution is -2.18. The van der Waals surface area contributed by atoms with E-state index in [9.17, 15) is 13.2 Å². The second-order valence-electron chi connectivity index (χ2n) is 5.06. The molecule has 0 heterocycles. The van der Waals surface area contributed by atoms with Crippen LogP contribution in [-0.2, 0) is 6.42 Å². The van der Waals surface area contributed by atoms with Crippen molar-refractivity contribution in [3.63, 3.8) is 0 Å². The zero-order valence-electron chi connectivity index (χ0n) is 10.2. The van der Waals surface area contributed by atoms with Crippen LogP contribution >= 0.6 is 0 Å². The molecule has 0 spiro atoms. The van der Waals surface area contributed by atoms with Gasteiger partial charge in [-0.2, -0.15) is 0 Å². The number of hydrogen-bond acceptors (Lipinski definition) is 1. The molecule has 0 unspecified atom stereocenters. The first-order chi connectivity index (χ1) is 7.85. The van der Waals surface area contributed by atoms with Gasteiger partial charge in [-0.15, -0.1) is 0 Å². The highest BCUT2D eigenvalue weighted by atomic mass is 19.2. The Bertz CT molecular complexity index is 388. The van der Waals surface area contributed by atoms with Gasteiger partial charge in [-0.3, -0.25) is 0 Å². The zero-order chi connectivity index (χ0) is 13.1. The van der Waals surface area contributed by atoms with Crippen LogP contribution < -0.4 is 5.73 Å². The lowest BCUT2D eigenvalue weighted by atomic mass is 9.83. The maximum Gasteiger partial charge on any atom is 0.161 e. The highest BCUT2D eigenvalue weighted by Gasteiger charge is 2.18. The minimum atomic E-state index is -1.15. The fraction of sp³-hybridized carbons (Fsp3) is 0.538. The summed E-state index contributed by atoms with van der Waals surface area (Å²) in [5, 5.41) is 0. The van der Waals surface area contributed by atoms with Gasteiger partial charge >= 0.3 is 0 Å². The summed E-state index contributed by atoms with van der Waals surface area (Å²) in [5.41, 5.74) is 5.67. The van der Waals surface area contributed by atoms with E-state index >= 15 is 0 Å². The minimum Gasteiger partial charge on any atom is -0.330 e. The van der Waals surface area contributed by atoms with E-state index in [1.807, 2.05) is 13.8 Å². The van der Waals surface area contributed by atoms with Gasteiger partial charge in [0, 0.05) is 6.07 Å². The fourth-order valence-electron chi connectivity index (χ4n) is 1.74. The van der Waals surface area contributed by atoms with Crippen molar-refractivity contribution in [2.75, 3.05) is 6.54 Å². The summed E-state index contributed by atoms with van der Waals surface area (Å²) in [4.78, 5) is 0. The van der Waals surface area contributed by atoms with Crippen LogP contribution in [0, 0.1) is 22.9 Å². The Hall–Kier alpha value is -1.03. The molecule has 0 atom stereocenters. The summed E-state index contributed by atoms with van der Waals surface area (Å²) in [5.74, 6) is -2.84. The van der Waals surface area contributed by atoms with Gasteiger partial charge < -0.3 is 5.73 Å². The largest absolute Gasteiger partial charge is 0.330 e. The van der Waals surface area contributed by atoms with Crippen LogP contribution in [0.3, 0.4) is 0 Å². The normalized spacial score (nSPS) is 11.9. The Kier molecular flexibility index (Phi) is 4.57. The predicted molar refractivity (Wildman–Crippen MR) is 62.1 cm³/mol. The van der Waals surface area contributed by atoms with E-state index in [2.05, 4.69) is 0 Å². The summed E-state index contributed by atoms with van der Waals surface area (Å²) < 4.78 is 39.0. The molecule has 0 saturated heterocycles. The third kappa shape index (κ3) is 4.04. The van der Waals surface area contributed by atoms with Gasteiger partial charge in [0.05, 0.1) is 0 Å². The van der Waals surface area contributed by atoms with Gasteiger partial charge in [-0.1, -0.05) is 13.8 Å². The molecule has 17 heavy (non-hydrogen) atoms. The zero-order valence-corrected chi connectivity index (χ0v) is 10.2. The van der Waals surface area contributed by atoms with E-state index in [0.29, 0.717) is 25.5 Å². The number of aryl methyl sites for hydroxylation is 1. The second-order valence-corrected chi connectivity index (χ2v) is 5.06. The van der Waals surface area contributed by atoms with Crippen molar-refractivity contribution in [3.8, 4) is 0 Å².